The molecule has 3 nitrogen and oxygen atoms in total. The quantitative estimate of drug-likeness (QED) is 0.868. The van der Waals surface area contributed by atoms with Gasteiger partial charge in [-0.25, -0.2) is 4.39 Å². The average Bonchev–Trinajstić information content (AvgIpc) is 2.52. The fraction of sp³-hybridized carbons (Fsp3) is 0.353. The van der Waals surface area contributed by atoms with Gasteiger partial charge in [0.25, 0.3) is 0 Å². The zero-order chi connectivity index (χ0) is 15.2. The Bertz CT molecular complexity index is 569. The van der Waals surface area contributed by atoms with Crippen molar-refractivity contribution in [1.29, 1.82) is 0 Å². The van der Waals surface area contributed by atoms with Gasteiger partial charge in [-0.05, 0) is 50.2 Å². The summed E-state index contributed by atoms with van der Waals surface area (Å²) in [7, 11) is 1.91. The Hall–Kier alpha value is -1.94. The second kappa shape index (κ2) is 7.18. The second-order valence-corrected chi connectivity index (χ2v) is 5.16. The van der Waals surface area contributed by atoms with Gasteiger partial charge in [-0.15, -0.1) is 0 Å². The summed E-state index contributed by atoms with van der Waals surface area (Å²) < 4.78 is 13.3. The van der Waals surface area contributed by atoms with E-state index < -0.39 is 0 Å². The van der Waals surface area contributed by atoms with Gasteiger partial charge >= 0.3 is 0 Å². The van der Waals surface area contributed by atoms with E-state index in [-0.39, 0.29) is 11.9 Å². The maximum atomic E-state index is 13.3. The van der Waals surface area contributed by atoms with Crippen LogP contribution in [-0.2, 0) is 0 Å². The molecule has 1 aromatic carbocycles. The SMILES string of the molecule is CCCNC(C)c1ccc(N(C)c2cccc(F)c2)cn1. The maximum Gasteiger partial charge on any atom is 0.125 e. The van der Waals surface area contributed by atoms with E-state index in [1.54, 1.807) is 6.07 Å². The number of hydrogen-bond donors (Lipinski definition) is 1. The predicted octanol–water partition coefficient (Wildman–Crippen LogP) is 4.05. The molecule has 2 rings (SSSR count). The van der Waals surface area contributed by atoms with E-state index in [1.165, 1.54) is 12.1 Å². The molecule has 1 atom stereocenters. The van der Waals surface area contributed by atoms with E-state index in [1.807, 2.05) is 36.3 Å². The summed E-state index contributed by atoms with van der Waals surface area (Å²) in [6.45, 7) is 5.23. The number of pyridine rings is 1. The summed E-state index contributed by atoms with van der Waals surface area (Å²) in [5.74, 6) is -0.235. The van der Waals surface area contributed by atoms with Gasteiger partial charge in [-0.2, -0.15) is 0 Å². The highest BCUT2D eigenvalue weighted by molar-refractivity contribution is 5.61. The molecule has 2 aromatic rings. The molecule has 0 radical (unpaired) electrons. The highest BCUT2D eigenvalue weighted by Crippen LogP contribution is 2.24. The van der Waals surface area contributed by atoms with E-state index in [4.69, 9.17) is 0 Å². The first kappa shape index (κ1) is 15.4. The monoisotopic (exact) mass is 287 g/mol. The fourth-order valence-electron chi connectivity index (χ4n) is 2.15. The Morgan fingerprint density at radius 2 is 2.05 bits per heavy atom. The first-order valence-electron chi connectivity index (χ1n) is 7.30. The highest BCUT2D eigenvalue weighted by Gasteiger charge is 2.08. The number of benzene rings is 1. The van der Waals surface area contributed by atoms with E-state index >= 15 is 0 Å². The van der Waals surface area contributed by atoms with Crippen LogP contribution in [0.3, 0.4) is 0 Å². The van der Waals surface area contributed by atoms with Crippen molar-refractivity contribution in [2.45, 2.75) is 26.3 Å². The Kier molecular flexibility index (Phi) is 5.28. The Balaban J connectivity index is 2.11. The predicted molar refractivity (Wildman–Crippen MR) is 85.4 cm³/mol. The third-order valence-corrected chi connectivity index (χ3v) is 3.50. The van der Waals surface area contributed by atoms with Gasteiger partial charge < -0.3 is 10.2 Å². The maximum absolute atomic E-state index is 13.3. The van der Waals surface area contributed by atoms with Crippen LogP contribution in [0.15, 0.2) is 42.6 Å². The minimum Gasteiger partial charge on any atom is -0.343 e. The molecule has 0 saturated heterocycles. The lowest BCUT2D eigenvalue weighted by Crippen LogP contribution is -2.20. The molecule has 4 heteroatoms. The van der Waals surface area contributed by atoms with Gasteiger partial charge in [0.15, 0.2) is 0 Å². The van der Waals surface area contributed by atoms with Crippen molar-refractivity contribution in [2.75, 3.05) is 18.5 Å². The van der Waals surface area contributed by atoms with Crippen LogP contribution in [0.4, 0.5) is 15.8 Å². The molecular formula is C17H22FN3. The number of halogens is 1. The second-order valence-electron chi connectivity index (χ2n) is 5.16. The van der Waals surface area contributed by atoms with Crippen LogP contribution in [-0.4, -0.2) is 18.6 Å². The van der Waals surface area contributed by atoms with Crippen molar-refractivity contribution in [1.82, 2.24) is 10.3 Å². The largest absolute Gasteiger partial charge is 0.343 e. The van der Waals surface area contributed by atoms with Crippen molar-refractivity contribution in [3.8, 4) is 0 Å². The summed E-state index contributed by atoms with van der Waals surface area (Å²) in [5.41, 5.74) is 2.76. The Morgan fingerprint density at radius 1 is 1.24 bits per heavy atom. The van der Waals surface area contributed by atoms with E-state index in [0.29, 0.717) is 0 Å². The Labute approximate surface area is 125 Å². The molecule has 0 aliphatic heterocycles. The fourth-order valence-corrected chi connectivity index (χ4v) is 2.15. The van der Waals surface area contributed by atoms with Crippen LogP contribution in [0.25, 0.3) is 0 Å². The average molecular weight is 287 g/mol. The Morgan fingerprint density at radius 3 is 2.67 bits per heavy atom. The normalized spacial score (nSPS) is 12.2. The van der Waals surface area contributed by atoms with Gasteiger partial charge in [-0.1, -0.05) is 13.0 Å². The van der Waals surface area contributed by atoms with Crippen LogP contribution in [0.2, 0.25) is 0 Å². The van der Waals surface area contributed by atoms with Crippen molar-refractivity contribution in [3.63, 3.8) is 0 Å². The van der Waals surface area contributed by atoms with Crippen molar-refractivity contribution >= 4 is 11.4 Å². The number of hydrogen-bond acceptors (Lipinski definition) is 3. The van der Waals surface area contributed by atoms with Gasteiger partial charge in [0.2, 0.25) is 0 Å². The van der Waals surface area contributed by atoms with E-state index in [2.05, 4.69) is 24.1 Å². The molecule has 1 aromatic heterocycles. The standard InChI is InChI=1S/C17H22FN3/c1-4-10-19-13(2)17-9-8-16(12-20-17)21(3)15-7-5-6-14(18)11-15/h5-9,11-13,19H,4,10H2,1-3H3. The molecule has 0 bridgehead atoms. The molecule has 0 aliphatic rings. The lowest BCUT2D eigenvalue weighted by atomic mass is 10.2. The zero-order valence-corrected chi connectivity index (χ0v) is 12.8. The number of nitrogens with one attached hydrogen (secondary N) is 1. The summed E-state index contributed by atoms with van der Waals surface area (Å²) in [6, 6.07) is 10.8. The van der Waals surface area contributed by atoms with Gasteiger partial charge in [0, 0.05) is 18.8 Å². The summed E-state index contributed by atoms with van der Waals surface area (Å²) in [4.78, 5) is 6.42. The highest BCUT2D eigenvalue weighted by atomic mass is 19.1. The summed E-state index contributed by atoms with van der Waals surface area (Å²) in [6.07, 6.45) is 2.93. The van der Waals surface area contributed by atoms with Crippen molar-refractivity contribution < 1.29 is 4.39 Å². The van der Waals surface area contributed by atoms with E-state index in [0.717, 1.165) is 30.0 Å². The lowest BCUT2D eigenvalue weighted by Gasteiger charge is -2.20. The molecular weight excluding hydrogens is 265 g/mol. The summed E-state index contributed by atoms with van der Waals surface area (Å²) >= 11 is 0. The van der Waals surface area contributed by atoms with Gasteiger partial charge in [0.1, 0.15) is 5.82 Å². The van der Waals surface area contributed by atoms with Gasteiger partial charge in [0.05, 0.1) is 17.6 Å². The van der Waals surface area contributed by atoms with Crippen molar-refractivity contribution in [3.05, 3.63) is 54.1 Å². The first-order chi connectivity index (χ1) is 10.1. The first-order valence-corrected chi connectivity index (χ1v) is 7.30. The molecule has 0 spiro atoms. The van der Waals surface area contributed by atoms with Crippen molar-refractivity contribution in [2.24, 2.45) is 0 Å². The number of rotatable bonds is 6. The molecule has 0 fully saturated rings. The van der Waals surface area contributed by atoms with Gasteiger partial charge in [-0.3, -0.25) is 4.98 Å². The number of aromatic nitrogens is 1. The molecule has 1 N–H and O–H groups in total. The topological polar surface area (TPSA) is 28.2 Å². The van der Waals surface area contributed by atoms with Crippen LogP contribution in [0, 0.1) is 5.82 Å². The molecule has 0 saturated carbocycles. The molecule has 1 heterocycles. The minimum absolute atomic E-state index is 0.235. The minimum atomic E-state index is -0.235. The molecule has 112 valence electrons. The van der Waals surface area contributed by atoms with Crippen LogP contribution < -0.4 is 10.2 Å². The lowest BCUT2D eigenvalue weighted by molar-refractivity contribution is 0.558. The molecule has 0 aliphatic carbocycles. The van der Waals surface area contributed by atoms with Crippen LogP contribution in [0.1, 0.15) is 32.0 Å². The number of anilines is 2. The van der Waals surface area contributed by atoms with E-state index in [9.17, 15) is 4.39 Å². The number of nitrogens with zero attached hydrogens (tertiary/aromatic N) is 2. The third kappa shape index (κ3) is 4.02. The summed E-state index contributed by atoms with van der Waals surface area (Å²) in [5, 5.41) is 3.41. The van der Waals surface area contributed by atoms with Crippen LogP contribution >= 0.6 is 0 Å². The smallest absolute Gasteiger partial charge is 0.125 e. The molecule has 0 amide bonds. The molecule has 1 unspecified atom stereocenters. The molecule has 21 heavy (non-hydrogen) atoms. The van der Waals surface area contributed by atoms with Crippen LogP contribution in [0.5, 0.6) is 0 Å². The zero-order valence-electron chi connectivity index (χ0n) is 12.8. The third-order valence-electron chi connectivity index (χ3n) is 3.50.